The fourth-order valence-corrected chi connectivity index (χ4v) is 3.02. The van der Waals surface area contributed by atoms with E-state index in [1.165, 1.54) is 0 Å². The molecule has 110 valence electrons. The molecule has 3 nitrogen and oxygen atoms in total. The van der Waals surface area contributed by atoms with Crippen LogP contribution in [0.5, 0.6) is 0 Å². The Morgan fingerprint density at radius 3 is 2.80 bits per heavy atom. The van der Waals surface area contributed by atoms with E-state index in [0.717, 1.165) is 25.2 Å². The third-order valence-electron chi connectivity index (χ3n) is 3.84. The summed E-state index contributed by atoms with van der Waals surface area (Å²) in [7, 11) is 0. The lowest BCUT2D eigenvalue weighted by atomic mass is 9.99. The van der Waals surface area contributed by atoms with Crippen molar-refractivity contribution in [2.45, 2.75) is 32.4 Å². The lowest BCUT2D eigenvalue weighted by Gasteiger charge is -2.39. The summed E-state index contributed by atoms with van der Waals surface area (Å²) in [4.78, 5) is 14.3. The van der Waals surface area contributed by atoms with Gasteiger partial charge in [0.1, 0.15) is 5.78 Å². The van der Waals surface area contributed by atoms with Crippen molar-refractivity contribution in [2.24, 2.45) is 0 Å². The summed E-state index contributed by atoms with van der Waals surface area (Å²) in [6.07, 6.45) is 0.677. The number of carbonyl (C=O) groups is 1. The van der Waals surface area contributed by atoms with E-state index >= 15 is 0 Å². The molecule has 0 aliphatic carbocycles. The number of nitrogens with one attached hydrogen (secondary N) is 1. The van der Waals surface area contributed by atoms with Crippen molar-refractivity contribution in [3.8, 4) is 0 Å². The first-order valence-electron chi connectivity index (χ1n) is 6.90. The molecule has 0 aromatic heterocycles. The van der Waals surface area contributed by atoms with Crippen molar-refractivity contribution in [3.63, 3.8) is 0 Å². The Bertz CT molecular complexity index is 493. The number of hydrogen-bond donors (Lipinski definition) is 1. The number of rotatable bonds is 4. The lowest BCUT2D eigenvalue weighted by molar-refractivity contribution is -0.123. The zero-order chi connectivity index (χ0) is 14.7. The second kappa shape index (κ2) is 6.90. The maximum atomic E-state index is 12.0. The predicted molar refractivity (Wildman–Crippen MR) is 83.7 cm³/mol. The van der Waals surface area contributed by atoms with Crippen LogP contribution in [0.3, 0.4) is 0 Å². The quantitative estimate of drug-likeness (QED) is 0.927. The summed E-state index contributed by atoms with van der Waals surface area (Å²) < 4.78 is 0. The van der Waals surface area contributed by atoms with Gasteiger partial charge in [-0.05, 0) is 38.0 Å². The summed E-state index contributed by atoms with van der Waals surface area (Å²) in [5.41, 5.74) is 1.05. The average Bonchev–Trinajstić information content (AvgIpc) is 2.41. The van der Waals surface area contributed by atoms with Crippen molar-refractivity contribution < 1.29 is 4.79 Å². The van der Waals surface area contributed by atoms with Crippen molar-refractivity contribution in [1.82, 2.24) is 10.2 Å². The molecule has 0 bridgehead atoms. The van der Waals surface area contributed by atoms with Crippen molar-refractivity contribution >= 4 is 29.0 Å². The highest BCUT2D eigenvalue weighted by Crippen LogP contribution is 2.24. The molecule has 2 atom stereocenters. The highest BCUT2D eigenvalue weighted by Gasteiger charge is 2.29. The maximum Gasteiger partial charge on any atom is 0.147 e. The normalized spacial score (nSPS) is 21.7. The molecule has 0 spiro atoms. The van der Waals surface area contributed by atoms with Gasteiger partial charge in [0, 0.05) is 25.7 Å². The van der Waals surface area contributed by atoms with E-state index in [9.17, 15) is 4.79 Å². The van der Waals surface area contributed by atoms with Crippen LogP contribution in [0.1, 0.15) is 19.4 Å². The van der Waals surface area contributed by atoms with Crippen LogP contribution >= 0.6 is 23.2 Å². The van der Waals surface area contributed by atoms with Crippen LogP contribution in [0.2, 0.25) is 10.0 Å². The summed E-state index contributed by atoms with van der Waals surface area (Å²) >= 11 is 12.0. The van der Waals surface area contributed by atoms with Gasteiger partial charge in [0.2, 0.25) is 0 Å². The highest BCUT2D eigenvalue weighted by atomic mass is 35.5. The van der Waals surface area contributed by atoms with Crippen molar-refractivity contribution in [1.29, 1.82) is 0 Å². The van der Waals surface area contributed by atoms with Crippen LogP contribution in [-0.2, 0) is 11.2 Å². The van der Waals surface area contributed by atoms with Gasteiger partial charge in [-0.3, -0.25) is 9.69 Å². The zero-order valence-corrected chi connectivity index (χ0v) is 13.3. The molecular weight excluding hydrogens is 295 g/mol. The first-order valence-corrected chi connectivity index (χ1v) is 7.65. The minimum atomic E-state index is -0.0932. The van der Waals surface area contributed by atoms with Crippen LogP contribution in [-0.4, -0.2) is 42.4 Å². The number of benzene rings is 1. The second-order valence-electron chi connectivity index (χ2n) is 5.37. The molecule has 0 saturated carbocycles. The van der Waals surface area contributed by atoms with Gasteiger partial charge >= 0.3 is 0 Å². The Kier molecular flexibility index (Phi) is 5.44. The van der Waals surface area contributed by atoms with Crippen LogP contribution < -0.4 is 5.32 Å². The standard InChI is InChI=1S/C15H20Cl2N2O/c1-10-9-18-5-6-19(10)15(11(2)20)8-12-3-4-13(16)14(17)7-12/h3-4,7,10,15,18H,5-6,8-9H2,1-2H3/t10-,15?/m1/s1. The van der Waals surface area contributed by atoms with Crippen LogP contribution in [0.25, 0.3) is 0 Å². The van der Waals surface area contributed by atoms with E-state index in [4.69, 9.17) is 23.2 Å². The topological polar surface area (TPSA) is 32.3 Å². The molecule has 1 aliphatic heterocycles. The number of halogens is 2. The minimum absolute atomic E-state index is 0.0932. The smallest absolute Gasteiger partial charge is 0.147 e. The van der Waals surface area contributed by atoms with Gasteiger partial charge in [-0.1, -0.05) is 29.3 Å². The Morgan fingerprint density at radius 1 is 1.45 bits per heavy atom. The molecule has 0 amide bonds. The van der Waals surface area contributed by atoms with Gasteiger partial charge in [-0.15, -0.1) is 0 Å². The summed E-state index contributed by atoms with van der Waals surface area (Å²) in [5, 5.41) is 4.44. The Hall–Kier alpha value is -0.610. The van der Waals surface area contributed by atoms with Gasteiger partial charge in [0.05, 0.1) is 16.1 Å². The summed E-state index contributed by atoms with van der Waals surface area (Å²) in [5.74, 6) is 0.199. The molecule has 1 unspecified atom stereocenters. The average molecular weight is 315 g/mol. The fourth-order valence-electron chi connectivity index (χ4n) is 2.70. The molecule has 5 heteroatoms. The highest BCUT2D eigenvalue weighted by molar-refractivity contribution is 6.42. The Morgan fingerprint density at radius 2 is 2.20 bits per heavy atom. The molecular formula is C15H20Cl2N2O. The monoisotopic (exact) mass is 314 g/mol. The molecule has 1 N–H and O–H groups in total. The third kappa shape index (κ3) is 3.73. The molecule has 1 fully saturated rings. The molecule has 2 rings (SSSR count). The molecule has 1 saturated heterocycles. The first-order chi connectivity index (χ1) is 9.49. The van der Waals surface area contributed by atoms with Crippen molar-refractivity contribution in [3.05, 3.63) is 33.8 Å². The van der Waals surface area contributed by atoms with E-state index < -0.39 is 0 Å². The number of hydrogen-bond acceptors (Lipinski definition) is 3. The van der Waals surface area contributed by atoms with E-state index in [-0.39, 0.29) is 11.8 Å². The lowest BCUT2D eigenvalue weighted by Crippen LogP contribution is -2.56. The largest absolute Gasteiger partial charge is 0.314 e. The second-order valence-corrected chi connectivity index (χ2v) is 6.18. The van der Waals surface area contributed by atoms with Crippen LogP contribution in [0, 0.1) is 0 Å². The maximum absolute atomic E-state index is 12.0. The van der Waals surface area contributed by atoms with E-state index in [1.54, 1.807) is 13.0 Å². The van der Waals surface area contributed by atoms with E-state index in [1.807, 2.05) is 12.1 Å². The summed E-state index contributed by atoms with van der Waals surface area (Å²) in [6, 6.07) is 5.85. The number of piperazine rings is 1. The molecule has 1 aromatic rings. The number of nitrogens with zero attached hydrogens (tertiary/aromatic N) is 1. The zero-order valence-electron chi connectivity index (χ0n) is 11.8. The number of ketones is 1. The minimum Gasteiger partial charge on any atom is -0.314 e. The molecule has 0 radical (unpaired) electrons. The molecule has 1 aromatic carbocycles. The number of carbonyl (C=O) groups excluding carboxylic acids is 1. The summed E-state index contributed by atoms with van der Waals surface area (Å²) in [6.45, 7) is 6.56. The molecule has 1 heterocycles. The van der Waals surface area contributed by atoms with Gasteiger partial charge < -0.3 is 5.32 Å². The first kappa shape index (κ1) is 15.8. The van der Waals surface area contributed by atoms with E-state index in [2.05, 4.69) is 17.1 Å². The van der Waals surface area contributed by atoms with Crippen molar-refractivity contribution in [2.75, 3.05) is 19.6 Å². The molecule has 20 heavy (non-hydrogen) atoms. The van der Waals surface area contributed by atoms with Gasteiger partial charge in [0.15, 0.2) is 0 Å². The third-order valence-corrected chi connectivity index (χ3v) is 4.57. The van der Waals surface area contributed by atoms with Gasteiger partial charge in [-0.25, -0.2) is 0 Å². The van der Waals surface area contributed by atoms with Gasteiger partial charge in [-0.2, -0.15) is 0 Å². The fraction of sp³-hybridized carbons (Fsp3) is 0.533. The SMILES string of the molecule is CC(=O)C(Cc1ccc(Cl)c(Cl)c1)N1CCNC[C@H]1C. The predicted octanol–water partition coefficient (Wildman–Crippen LogP) is 2.79. The van der Waals surface area contributed by atoms with Crippen LogP contribution in [0.15, 0.2) is 18.2 Å². The number of Topliss-reactive ketones (excluding diaryl/α,β-unsaturated/α-hetero) is 1. The Labute approximate surface area is 130 Å². The molecule has 1 aliphatic rings. The van der Waals surface area contributed by atoms with Crippen LogP contribution in [0.4, 0.5) is 0 Å². The van der Waals surface area contributed by atoms with Gasteiger partial charge in [0.25, 0.3) is 0 Å². The van der Waals surface area contributed by atoms with E-state index in [0.29, 0.717) is 22.5 Å². The Balaban J connectivity index is 2.16.